The molecule has 0 N–H and O–H groups in total. The average Bonchev–Trinajstić information content (AvgIpc) is 2.82. The van der Waals surface area contributed by atoms with Crippen molar-refractivity contribution in [3.8, 4) is 5.69 Å². The third kappa shape index (κ3) is 2.34. The molecule has 4 aromatic rings. The zero-order valence-corrected chi connectivity index (χ0v) is 16.0. The van der Waals surface area contributed by atoms with E-state index >= 15 is 0 Å². The molecule has 7 rings (SSSR count). The maximum absolute atomic E-state index is 14.1. The molecular weight excluding hydrogens is 349 g/mol. The van der Waals surface area contributed by atoms with Crippen molar-refractivity contribution in [2.45, 2.75) is 32.2 Å². The van der Waals surface area contributed by atoms with Crippen molar-refractivity contribution >= 4 is 21.8 Å². The highest BCUT2D eigenvalue weighted by molar-refractivity contribution is 5.89. The number of benzene rings is 2. The minimum atomic E-state index is -0.155. The molecular formula is C24H22FN3. The third-order valence-electron chi connectivity index (χ3n) is 6.50. The summed E-state index contributed by atoms with van der Waals surface area (Å²) in [5.74, 6) is 0.383. The Hall–Kier alpha value is -2.72. The van der Waals surface area contributed by atoms with Crippen molar-refractivity contribution in [1.29, 1.82) is 0 Å². The standard InChI is InChI=1S/C24H22FN3/c1-15-2-3-17-12-19(5-6-22(17)26-15)28-23-7-4-18(25)13-20(23)21-14-27-10-8-16(9-11-27)24(21)28/h2-7,12-13,16H,8-11,14H2,1H3. The molecule has 2 aromatic heterocycles. The summed E-state index contributed by atoms with van der Waals surface area (Å²) in [6.07, 6.45) is 2.36. The smallest absolute Gasteiger partial charge is 0.123 e. The van der Waals surface area contributed by atoms with E-state index in [2.05, 4.69) is 44.8 Å². The minimum absolute atomic E-state index is 0.155. The molecule has 28 heavy (non-hydrogen) atoms. The molecule has 1 fully saturated rings. The first-order valence-electron chi connectivity index (χ1n) is 10.1. The Bertz CT molecular complexity index is 1230. The molecule has 0 unspecified atom stereocenters. The van der Waals surface area contributed by atoms with Gasteiger partial charge >= 0.3 is 0 Å². The Kier molecular flexibility index (Phi) is 3.42. The first-order valence-corrected chi connectivity index (χ1v) is 10.1. The molecule has 0 spiro atoms. The van der Waals surface area contributed by atoms with Gasteiger partial charge in [-0.1, -0.05) is 6.07 Å². The van der Waals surface area contributed by atoms with Gasteiger partial charge in [0.15, 0.2) is 0 Å². The van der Waals surface area contributed by atoms with Gasteiger partial charge in [-0.25, -0.2) is 4.39 Å². The molecule has 0 amide bonds. The predicted molar refractivity (Wildman–Crippen MR) is 111 cm³/mol. The normalized spacial score (nSPS) is 21.2. The molecule has 3 aliphatic rings. The average molecular weight is 371 g/mol. The Labute approximate surface area is 163 Å². The van der Waals surface area contributed by atoms with Gasteiger partial charge in [0.1, 0.15) is 5.82 Å². The highest BCUT2D eigenvalue weighted by Crippen LogP contribution is 2.42. The van der Waals surface area contributed by atoms with Crippen LogP contribution in [0.3, 0.4) is 0 Å². The van der Waals surface area contributed by atoms with Crippen LogP contribution in [-0.4, -0.2) is 27.5 Å². The topological polar surface area (TPSA) is 21.1 Å². The number of hydrogen-bond acceptors (Lipinski definition) is 2. The number of piperidine rings is 1. The predicted octanol–water partition coefficient (Wildman–Crippen LogP) is 5.32. The fourth-order valence-corrected chi connectivity index (χ4v) is 5.16. The van der Waals surface area contributed by atoms with Crippen LogP contribution in [0.25, 0.3) is 27.5 Å². The second-order valence-corrected chi connectivity index (χ2v) is 8.24. The summed E-state index contributed by atoms with van der Waals surface area (Å²) in [7, 11) is 0. The van der Waals surface area contributed by atoms with Gasteiger partial charge < -0.3 is 4.57 Å². The third-order valence-corrected chi connectivity index (χ3v) is 6.50. The lowest BCUT2D eigenvalue weighted by molar-refractivity contribution is 0.220. The second kappa shape index (κ2) is 5.89. The van der Waals surface area contributed by atoms with Crippen molar-refractivity contribution in [3.05, 3.63) is 71.3 Å². The van der Waals surface area contributed by atoms with E-state index in [1.54, 1.807) is 12.1 Å². The van der Waals surface area contributed by atoms with Crippen LogP contribution in [0.2, 0.25) is 0 Å². The number of fused-ring (bicyclic) bond motifs is 4. The lowest BCUT2D eigenvalue weighted by Gasteiger charge is -2.27. The lowest BCUT2D eigenvalue weighted by Crippen LogP contribution is -2.29. The number of aryl methyl sites for hydroxylation is 1. The van der Waals surface area contributed by atoms with Gasteiger partial charge in [0.25, 0.3) is 0 Å². The zero-order valence-electron chi connectivity index (χ0n) is 16.0. The number of pyridine rings is 1. The SMILES string of the molecule is Cc1ccc2cc(-n3c4c(c5cc(F)ccc53)CN3CCC4CC3)ccc2n1. The van der Waals surface area contributed by atoms with E-state index in [4.69, 9.17) is 0 Å². The zero-order chi connectivity index (χ0) is 18.8. The fourth-order valence-electron chi connectivity index (χ4n) is 5.16. The first kappa shape index (κ1) is 16.3. The van der Waals surface area contributed by atoms with Crippen LogP contribution >= 0.6 is 0 Å². The van der Waals surface area contributed by atoms with E-state index in [1.807, 2.05) is 13.0 Å². The maximum atomic E-state index is 14.1. The van der Waals surface area contributed by atoms with Crippen molar-refractivity contribution in [1.82, 2.24) is 14.5 Å². The molecule has 0 saturated carbocycles. The molecule has 0 radical (unpaired) electrons. The quantitative estimate of drug-likeness (QED) is 0.452. The summed E-state index contributed by atoms with van der Waals surface area (Å²) in [5.41, 5.74) is 7.01. The van der Waals surface area contributed by atoms with Gasteiger partial charge in [-0.05, 0) is 80.9 Å². The van der Waals surface area contributed by atoms with E-state index in [0.29, 0.717) is 5.92 Å². The number of aromatic nitrogens is 2. The van der Waals surface area contributed by atoms with E-state index < -0.39 is 0 Å². The van der Waals surface area contributed by atoms with Crippen LogP contribution in [0, 0.1) is 12.7 Å². The summed E-state index contributed by atoms with van der Waals surface area (Å²) in [4.78, 5) is 7.16. The Morgan fingerprint density at radius 3 is 2.71 bits per heavy atom. The summed E-state index contributed by atoms with van der Waals surface area (Å²) < 4.78 is 16.5. The molecule has 3 aliphatic heterocycles. The van der Waals surface area contributed by atoms with E-state index in [9.17, 15) is 4.39 Å². The number of rotatable bonds is 1. The first-order chi connectivity index (χ1) is 13.7. The van der Waals surface area contributed by atoms with E-state index in [1.165, 1.54) is 24.1 Å². The summed E-state index contributed by atoms with van der Waals surface area (Å²) in [6, 6.07) is 16.0. The Morgan fingerprint density at radius 2 is 1.86 bits per heavy atom. The maximum Gasteiger partial charge on any atom is 0.123 e. The van der Waals surface area contributed by atoms with Gasteiger partial charge in [0.05, 0.1) is 11.0 Å². The number of hydrogen-bond donors (Lipinski definition) is 0. The van der Waals surface area contributed by atoms with Gasteiger partial charge in [-0.3, -0.25) is 9.88 Å². The highest BCUT2D eigenvalue weighted by atomic mass is 19.1. The fraction of sp³-hybridized carbons (Fsp3) is 0.292. The summed E-state index contributed by atoms with van der Waals surface area (Å²) in [6.45, 7) is 5.22. The molecule has 2 aromatic carbocycles. The molecule has 3 nitrogen and oxygen atoms in total. The van der Waals surface area contributed by atoms with Crippen LogP contribution in [0.15, 0.2) is 48.5 Å². The molecule has 0 atom stereocenters. The van der Waals surface area contributed by atoms with E-state index in [-0.39, 0.29) is 5.82 Å². The monoisotopic (exact) mass is 371 g/mol. The molecule has 4 heteroatoms. The molecule has 140 valence electrons. The Balaban J connectivity index is 1.67. The summed E-state index contributed by atoms with van der Waals surface area (Å²) >= 11 is 0. The van der Waals surface area contributed by atoms with Crippen molar-refractivity contribution in [2.24, 2.45) is 0 Å². The highest BCUT2D eigenvalue weighted by Gasteiger charge is 2.33. The lowest BCUT2D eigenvalue weighted by atomic mass is 9.94. The largest absolute Gasteiger partial charge is 0.313 e. The van der Waals surface area contributed by atoms with Crippen LogP contribution in [0.1, 0.15) is 35.7 Å². The molecule has 1 saturated heterocycles. The number of halogens is 1. The van der Waals surface area contributed by atoms with Crippen LogP contribution < -0.4 is 0 Å². The van der Waals surface area contributed by atoms with Gasteiger partial charge in [0.2, 0.25) is 0 Å². The second-order valence-electron chi connectivity index (χ2n) is 8.24. The van der Waals surface area contributed by atoms with Gasteiger partial charge in [-0.2, -0.15) is 0 Å². The van der Waals surface area contributed by atoms with Crippen LogP contribution in [-0.2, 0) is 6.54 Å². The summed E-state index contributed by atoms with van der Waals surface area (Å²) in [5, 5.41) is 2.21. The molecule has 5 heterocycles. The van der Waals surface area contributed by atoms with E-state index in [0.717, 1.165) is 52.8 Å². The molecule has 0 aliphatic carbocycles. The van der Waals surface area contributed by atoms with Crippen molar-refractivity contribution in [3.63, 3.8) is 0 Å². The van der Waals surface area contributed by atoms with Crippen molar-refractivity contribution in [2.75, 3.05) is 13.1 Å². The van der Waals surface area contributed by atoms with Crippen LogP contribution in [0.4, 0.5) is 4.39 Å². The van der Waals surface area contributed by atoms with Gasteiger partial charge in [-0.15, -0.1) is 0 Å². The number of nitrogens with zero attached hydrogens (tertiary/aromatic N) is 3. The van der Waals surface area contributed by atoms with Gasteiger partial charge in [0, 0.05) is 40.3 Å². The Morgan fingerprint density at radius 1 is 1.00 bits per heavy atom. The van der Waals surface area contributed by atoms with Crippen molar-refractivity contribution < 1.29 is 4.39 Å². The molecule has 2 bridgehead atoms. The van der Waals surface area contributed by atoms with Crippen LogP contribution in [0.5, 0.6) is 0 Å². The minimum Gasteiger partial charge on any atom is -0.313 e.